The highest BCUT2D eigenvalue weighted by Crippen LogP contribution is 1.63. The lowest BCUT2D eigenvalue weighted by Gasteiger charge is -1.70. The Hall–Kier alpha value is -0.860. The van der Waals surface area contributed by atoms with Crippen LogP contribution >= 0.6 is 0 Å². The van der Waals surface area contributed by atoms with Gasteiger partial charge in [0.25, 0.3) is 0 Å². The molecule has 0 atom stereocenters. The number of hydrogen-bond acceptors (Lipinski definition) is 2. The van der Waals surface area contributed by atoms with Crippen molar-refractivity contribution in [3.05, 3.63) is 0 Å². The predicted octanol–water partition coefficient (Wildman–Crippen LogP) is -0.615. The summed E-state index contributed by atoms with van der Waals surface area (Å²) in [5, 5.41) is 0. The molecule has 0 unspecified atom stereocenters. The maximum absolute atomic E-state index is 9.48. The summed E-state index contributed by atoms with van der Waals surface area (Å²) >= 11 is 0. The molecular weight excluding hydrogens is 82.0 g/mol. The molecule has 0 saturated heterocycles. The third-order valence-electron chi connectivity index (χ3n) is 0.269. The molecule has 0 aliphatic heterocycles. The van der Waals surface area contributed by atoms with Crippen molar-refractivity contribution >= 4 is 12.2 Å². The molecule has 0 aromatic carbocycles. The Labute approximate surface area is 35.1 Å². The normalized spacial score (nSPS) is 7.33. The highest BCUT2D eigenvalue weighted by molar-refractivity contribution is 5.85. The Balaban J connectivity index is 3.05. The molecule has 0 heterocycles. The van der Waals surface area contributed by atoms with Crippen LogP contribution in [-0.2, 0) is 9.59 Å². The van der Waals surface area contributed by atoms with Gasteiger partial charge in [0.05, 0.1) is 6.42 Å². The van der Waals surface area contributed by atoms with E-state index in [4.69, 9.17) is 5.73 Å². The minimum atomic E-state index is -0.829. The lowest BCUT2D eigenvalue weighted by Crippen LogP contribution is -1.95. The van der Waals surface area contributed by atoms with Crippen molar-refractivity contribution in [2.24, 2.45) is 0 Å². The van der Waals surface area contributed by atoms with Crippen LogP contribution in [0, 0.1) is 0 Å². The lowest BCUT2D eigenvalue weighted by atomic mass is 10.5. The van der Waals surface area contributed by atoms with Crippen LogP contribution < -0.4 is 5.73 Å². The number of carbonyl (C=O) groups is 2. The summed E-state index contributed by atoms with van der Waals surface area (Å²) < 4.78 is 0. The van der Waals surface area contributed by atoms with Gasteiger partial charge in [-0.05, 0) is 0 Å². The second-order valence-corrected chi connectivity index (χ2v) is 0.794. The first kappa shape index (κ1) is 5.14. The molecule has 0 fully saturated rings. The largest absolute Gasteiger partial charge is 0.303 e. The minimum Gasteiger partial charge on any atom is -0.303 e. The van der Waals surface area contributed by atoms with Gasteiger partial charge in [-0.1, -0.05) is 0 Å². The minimum absolute atomic E-state index is 0.278. The van der Waals surface area contributed by atoms with Gasteiger partial charge in [-0.3, -0.25) is 10.5 Å². The Bertz CT molecular complexity index is 69.2. The summed E-state index contributed by atoms with van der Waals surface area (Å²) in [6.07, 6.45) is 0.134. The van der Waals surface area contributed by atoms with Crippen LogP contribution in [0.3, 0.4) is 0 Å². The van der Waals surface area contributed by atoms with Gasteiger partial charge in [-0.25, -0.2) is 0 Å². The average molecular weight is 86.1 g/mol. The monoisotopic (exact) mass is 86.0 g/mol. The van der Waals surface area contributed by atoms with Crippen molar-refractivity contribution in [2.75, 3.05) is 0 Å². The summed E-state index contributed by atoms with van der Waals surface area (Å²) in [5.74, 6) is -0.829. The molecule has 3 heteroatoms. The van der Waals surface area contributed by atoms with Gasteiger partial charge in [0.2, 0.25) is 5.91 Å². The van der Waals surface area contributed by atoms with Crippen molar-refractivity contribution < 1.29 is 9.59 Å². The molecule has 33 valence electrons. The fourth-order valence-electron chi connectivity index (χ4n) is 0.0757. The van der Waals surface area contributed by atoms with E-state index in [2.05, 4.69) is 0 Å². The van der Waals surface area contributed by atoms with Gasteiger partial charge in [0, 0.05) is 0 Å². The number of rotatable bonds is 2. The van der Waals surface area contributed by atoms with E-state index in [1.54, 1.807) is 0 Å². The molecule has 0 aromatic heterocycles. The van der Waals surface area contributed by atoms with Gasteiger partial charge in [0.15, 0.2) is 0 Å². The van der Waals surface area contributed by atoms with Crippen LogP contribution in [0.5, 0.6) is 0 Å². The maximum atomic E-state index is 9.48. The van der Waals surface area contributed by atoms with Crippen LogP contribution in [0.1, 0.15) is 6.42 Å². The van der Waals surface area contributed by atoms with E-state index in [9.17, 15) is 9.59 Å². The van der Waals surface area contributed by atoms with Crippen molar-refractivity contribution in [2.45, 2.75) is 6.42 Å². The molecular formula is C3H4NO2. The first-order chi connectivity index (χ1) is 2.77. The number of nitrogens with one attached hydrogen (secondary N) is 1. The lowest BCUT2D eigenvalue weighted by molar-refractivity contribution is -0.121. The number of aldehydes is 1. The summed E-state index contributed by atoms with van der Waals surface area (Å²) in [4.78, 5) is 18.8. The number of hydrogen-bond donors (Lipinski definition) is 0. The molecule has 0 spiro atoms. The predicted molar refractivity (Wildman–Crippen MR) is 18.8 cm³/mol. The van der Waals surface area contributed by atoms with Crippen molar-refractivity contribution in [3.8, 4) is 0 Å². The first-order valence-electron chi connectivity index (χ1n) is 1.45. The van der Waals surface area contributed by atoms with Crippen LogP contribution in [0.2, 0.25) is 0 Å². The highest BCUT2D eigenvalue weighted by atomic mass is 16.2. The Kier molecular flexibility index (Phi) is 2.04. The van der Waals surface area contributed by atoms with E-state index in [1.807, 2.05) is 0 Å². The molecule has 6 heavy (non-hydrogen) atoms. The quantitative estimate of drug-likeness (QED) is 0.332. The molecule has 0 aliphatic rings. The molecule has 1 radical (unpaired) electrons. The third kappa shape index (κ3) is 3.14. The highest BCUT2D eigenvalue weighted by Gasteiger charge is 1.86. The zero-order valence-corrected chi connectivity index (χ0v) is 3.10. The van der Waals surface area contributed by atoms with E-state index >= 15 is 0 Å². The Morgan fingerprint density at radius 2 is 2.33 bits per heavy atom. The van der Waals surface area contributed by atoms with Crippen molar-refractivity contribution in [1.29, 1.82) is 0 Å². The SMILES string of the molecule is [NH]C(=O)CC=O. The second kappa shape index (κ2) is 2.38. The number of carbonyl (C=O) groups excluding carboxylic acids is 2. The topological polar surface area (TPSA) is 57.9 Å². The van der Waals surface area contributed by atoms with Crippen LogP contribution in [0.15, 0.2) is 0 Å². The average Bonchev–Trinajstić information content (AvgIpc) is 1.35. The molecule has 0 saturated carbocycles. The summed E-state index contributed by atoms with van der Waals surface area (Å²) in [6, 6.07) is 0. The molecule has 0 aromatic rings. The fraction of sp³-hybridized carbons (Fsp3) is 0.333. The zero-order chi connectivity index (χ0) is 4.99. The standard InChI is InChI=1S/C3H4NO2/c4-3(6)1-2-5/h2,4H,1H2. The first-order valence-corrected chi connectivity index (χ1v) is 1.45. The fourth-order valence-corrected chi connectivity index (χ4v) is 0.0757. The number of amides is 1. The van der Waals surface area contributed by atoms with Crippen molar-refractivity contribution in [1.82, 2.24) is 5.73 Å². The molecule has 3 nitrogen and oxygen atoms in total. The Morgan fingerprint density at radius 1 is 1.83 bits per heavy atom. The maximum Gasteiger partial charge on any atom is 0.245 e. The summed E-state index contributed by atoms with van der Waals surface area (Å²) in [7, 11) is 0. The summed E-state index contributed by atoms with van der Waals surface area (Å²) in [6.45, 7) is 0. The molecule has 0 rings (SSSR count). The van der Waals surface area contributed by atoms with Gasteiger partial charge < -0.3 is 4.79 Å². The molecule has 1 amide bonds. The van der Waals surface area contributed by atoms with Crippen LogP contribution in [0.25, 0.3) is 0 Å². The molecule has 0 bridgehead atoms. The van der Waals surface area contributed by atoms with Gasteiger partial charge >= 0.3 is 0 Å². The van der Waals surface area contributed by atoms with Gasteiger partial charge in [-0.15, -0.1) is 0 Å². The van der Waals surface area contributed by atoms with E-state index in [1.165, 1.54) is 0 Å². The smallest absolute Gasteiger partial charge is 0.245 e. The van der Waals surface area contributed by atoms with E-state index in [0.717, 1.165) is 0 Å². The van der Waals surface area contributed by atoms with Gasteiger partial charge in [-0.2, -0.15) is 0 Å². The zero-order valence-electron chi connectivity index (χ0n) is 3.10. The summed E-state index contributed by atoms with van der Waals surface area (Å²) in [5.41, 5.74) is 6.11. The van der Waals surface area contributed by atoms with Crippen molar-refractivity contribution in [3.63, 3.8) is 0 Å². The third-order valence-corrected chi connectivity index (χ3v) is 0.269. The van der Waals surface area contributed by atoms with E-state index in [0.29, 0.717) is 6.29 Å². The van der Waals surface area contributed by atoms with Crippen LogP contribution in [0.4, 0.5) is 0 Å². The van der Waals surface area contributed by atoms with E-state index < -0.39 is 5.91 Å². The van der Waals surface area contributed by atoms with Crippen LogP contribution in [-0.4, -0.2) is 12.2 Å². The van der Waals surface area contributed by atoms with Gasteiger partial charge in [0.1, 0.15) is 6.29 Å². The Morgan fingerprint density at radius 3 is 2.33 bits per heavy atom. The molecule has 0 aliphatic carbocycles. The second-order valence-electron chi connectivity index (χ2n) is 0.794. The van der Waals surface area contributed by atoms with E-state index in [-0.39, 0.29) is 6.42 Å². The molecule has 1 N–H and O–H groups in total.